The smallest absolute Gasteiger partial charge is 0.124 e. The van der Waals surface area contributed by atoms with Crippen LogP contribution in [0, 0.1) is 16.3 Å². The predicted molar refractivity (Wildman–Crippen MR) is 69.3 cm³/mol. The third-order valence-electron chi connectivity index (χ3n) is 2.26. The molecule has 0 saturated heterocycles. The van der Waals surface area contributed by atoms with Crippen LogP contribution in [0.1, 0.15) is 5.56 Å². The summed E-state index contributed by atoms with van der Waals surface area (Å²) in [5, 5.41) is 0. The molecule has 76 valence electrons. The molecule has 0 fully saturated rings. The van der Waals surface area contributed by atoms with Crippen molar-refractivity contribution < 1.29 is 4.39 Å². The van der Waals surface area contributed by atoms with Crippen LogP contribution >= 0.6 is 22.6 Å². The van der Waals surface area contributed by atoms with Crippen molar-refractivity contribution in [3.8, 4) is 11.1 Å². The van der Waals surface area contributed by atoms with Gasteiger partial charge >= 0.3 is 0 Å². The maximum atomic E-state index is 12.9. The van der Waals surface area contributed by atoms with Crippen LogP contribution in [0.4, 0.5) is 4.39 Å². The molecule has 0 aliphatic heterocycles. The quantitative estimate of drug-likeness (QED) is 0.685. The summed E-state index contributed by atoms with van der Waals surface area (Å²) >= 11 is 2.16. The Kier molecular flexibility index (Phi) is 3.05. The van der Waals surface area contributed by atoms with E-state index in [4.69, 9.17) is 0 Å². The summed E-state index contributed by atoms with van der Waals surface area (Å²) in [5.74, 6) is -0.184. The van der Waals surface area contributed by atoms with Crippen molar-refractivity contribution in [3.63, 3.8) is 0 Å². The van der Waals surface area contributed by atoms with Gasteiger partial charge in [-0.25, -0.2) is 4.39 Å². The van der Waals surface area contributed by atoms with Crippen LogP contribution in [0.15, 0.2) is 42.5 Å². The summed E-state index contributed by atoms with van der Waals surface area (Å²) in [5.41, 5.74) is 3.44. The van der Waals surface area contributed by atoms with Gasteiger partial charge in [0.1, 0.15) is 5.82 Å². The zero-order valence-electron chi connectivity index (χ0n) is 8.30. The van der Waals surface area contributed by atoms with E-state index in [9.17, 15) is 4.39 Å². The van der Waals surface area contributed by atoms with E-state index in [1.54, 1.807) is 6.07 Å². The number of benzene rings is 2. The first kappa shape index (κ1) is 10.6. The van der Waals surface area contributed by atoms with Crippen LogP contribution < -0.4 is 0 Å². The molecule has 15 heavy (non-hydrogen) atoms. The van der Waals surface area contributed by atoms with Gasteiger partial charge in [-0.2, -0.15) is 0 Å². The van der Waals surface area contributed by atoms with Gasteiger partial charge in [-0.1, -0.05) is 35.9 Å². The number of hydrogen-bond acceptors (Lipinski definition) is 0. The monoisotopic (exact) mass is 312 g/mol. The zero-order valence-corrected chi connectivity index (χ0v) is 10.5. The summed E-state index contributed by atoms with van der Waals surface area (Å²) in [6, 6.07) is 13.1. The fraction of sp³-hybridized carbons (Fsp3) is 0.0769. The Morgan fingerprint density at radius 1 is 1.07 bits per heavy atom. The molecule has 0 aliphatic carbocycles. The molecule has 0 aromatic heterocycles. The van der Waals surface area contributed by atoms with Gasteiger partial charge in [-0.3, -0.25) is 0 Å². The first-order chi connectivity index (χ1) is 7.16. The molecule has 2 aromatic rings. The molecule has 0 amide bonds. The highest BCUT2D eigenvalue weighted by Gasteiger charge is 2.03. The second-order valence-electron chi connectivity index (χ2n) is 3.49. The summed E-state index contributed by atoms with van der Waals surface area (Å²) in [4.78, 5) is 0. The van der Waals surface area contributed by atoms with Gasteiger partial charge in [0.2, 0.25) is 0 Å². The van der Waals surface area contributed by atoms with E-state index in [1.165, 1.54) is 11.6 Å². The molecule has 0 heterocycles. The van der Waals surface area contributed by atoms with E-state index in [0.29, 0.717) is 0 Å². The van der Waals surface area contributed by atoms with Crippen molar-refractivity contribution in [3.05, 3.63) is 57.4 Å². The first-order valence-corrected chi connectivity index (χ1v) is 5.77. The molecule has 2 rings (SSSR count). The fourth-order valence-corrected chi connectivity index (χ4v) is 2.32. The van der Waals surface area contributed by atoms with Crippen molar-refractivity contribution in [2.24, 2.45) is 0 Å². The highest BCUT2D eigenvalue weighted by molar-refractivity contribution is 14.1. The predicted octanol–water partition coefficient (Wildman–Crippen LogP) is 4.41. The summed E-state index contributed by atoms with van der Waals surface area (Å²) in [6.07, 6.45) is 0. The molecule has 0 aliphatic rings. The van der Waals surface area contributed by atoms with Crippen LogP contribution in [0.3, 0.4) is 0 Å². The van der Waals surface area contributed by atoms with Crippen molar-refractivity contribution in [2.45, 2.75) is 6.92 Å². The average molecular weight is 312 g/mol. The van der Waals surface area contributed by atoms with Crippen molar-refractivity contribution in [2.75, 3.05) is 0 Å². The van der Waals surface area contributed by atoms with Gasteiger partial charge in [0.05, 0.1) is 0 Å². The van der Waals surface area contributed by atoms with Gasteiger partial charge in [0.15, 0.2) is 0 Å². The van der Waals surface area contributed by atoms with Gasteiger partial charge in [0, 0.05) is 3.57 Å². The molecule has 0 radical (unpaired) electrons. The van der Waals surface area contributed by atoms with Crippen molar-refractivity contribution in [1.82, 2.24) is 0 Å². The molecule has 0 N–H and O–H groups in total. The van der Waals surface area contributed by atoms with Crippen molar-refractivity contribution in [1.29, 1.82) is 0 Å². The maximum Gasteiger partial charge on any atom is 0.124 e. The minimum absolute atomic E-state index is 0.184. The second-order valence-corrected chi connectivity index (χ2v) is 4.66. The Balaban J connectivity index is 2.54. The minimum Gasteiger partial charge on any atom is -0.207 e. The van der Waals surface area contributed by atoms with Crippen LogP contribution in [0.25, 0.3) is 11.1 Å². The van der Waals surface area contributed by atoms with E-state index >= 15 is 0 Å². The van der Waals surface area contributed by atoms with E-state index in [0.717, 1.165) is 14.7 Å². The lowest BCUT2D eigenvalue weighted by atomic mass is 10.0. The lowest BCUT2D eigenvalue weighted by Gasteiger charge is -2.05. The molecular weight excluding hydrogens is 302 g/mol. The Morgan fingerprint density at radius 2 is 1.87 bits per heavy atom. The van der Waals surface area contributed by atoms with Crippen molar-refractivity contribution >= 4 is 22.6 Å². The Hall–Kier alpha value is -0.900. The van der Waals surface area contributed by atoms with Gasteiger partial charge in [0.25, 0.3) is 0 Å². The van der Waals surface area contributed by atoms with Gasteiger partial charge in [-0.05, 0) is 52.8 Å². The van der Waals surface area contributed by atoms with Gasteiger partial charge < -0.3 is 0 Å². The highest BCUT2D eigenvalue weighted by atomic mass is 127. The molecule has 2 aromatic carbocycles. The maximum absolute atomic E-state index is 12.9. The molecule has 0 unspecified atom stereocenters. The normalized spacial score (nSPS) is 10.3. The lowest BCUT2D eigenvalue weighted by molar-refractivity contribution is 0.627. The third-order valence-corrected chi connectivity index (χ3v) is 3.15. The third kappa shape index (κ3) is 2.37. The minimum atomic E-state index is -0.184. The van der Waals surface area contributed by atoms with Crippen LogP contribution in [-0.2, 0) is 0 Å². The number of halogens is 2. The lowest BCUT2D eigenvalue weighted by Crippen LogP contribution is -1.85. The molecule has 2 heteroatoms. The Bertz CT molecular complexity index is 492. The average Bonchev–Trinajstić information content (AvgIpc) is 2.17. The number of hydrogen-bond donors (Lipinski definition) is 0. The van der Waals surface area contributed by atoms with E-state index in [1.807, 2.05) is 18.2 Å². The highest BCUT2D eigenvalue weighted by Crippen LogP contribution is 2.26. The summed E-state index contributed by atoms with van der Waals surface area (Å²) in [6.45, 7) is 2.06. The zero-order chi connectivity index (χ0) is 10.8. The summed E-state index contributed by atoms with van der Waals surface area (Å²) in [7, 11) is 0. The number of rotatable bonds is 1. The Labute approximate surface area is 102 Å². The van der Waals surface area contributed by atoms with Gasteiger partial charge in [-0.15, -0.1) is 0 Å². The van der Waals surface area contributed by atoms with E-state index < -0.39 is 0 Å². The molecule has 0 atom stereocenters. The first-order valence-electron chi connectivity index (χ1n) is 4.69. The molecule has 0 nitrogen and oxygen atoms in total. The molecular formula is C13H10FI. The number of aryl methyl sites for hydroxylation is 1. The largest absolute Gasteiger partial charge is 0.207 e. The standard InChI is InChI=1S/C13H10FI/c1-9-3-2-4-10(7-9)12-6-5-11(14)8-13(12)15/h2-8H,1H3. The fourth-order valence-electron chi connectivity index (χ4n) is 1.54. The van der Waals surface area contributed by atoms with E-state index in [-0.39, 0.29) is 5.82 Å². The Morgan fingerprint density at radius 3 is 2.53 bits per heavy atom. The van der Waals surface area contributed by atoms with Crippen LogP contribution in [0.2, 0.25) is 0 Å². The van der Waals surface area contributed by atoms with Crippen LogP contribution in [0.5, 0.6) is 0 Å². The topological polar surface area (TPSA) is 0 Å². The molecule has 0 spiro atoms. The van der Waals surface area contributed by atoms with E-state index in [2.05, 4.69) is 41.6 Å². The molecule has 0 bridgehead atoms. The second kappa shape index (κ2) is 4.31. The molecule has 0 saturated carbocycles. The summed E-state index contributed by atoms with van der Waals surface area (Å²) < 4.78 is 13.9. The SMILES string of the molecule is Cc1cccc(-c2ccc(F)cc2I)c1. The van der Waals surface area contributed by atoms with Crippen LogP contribution in [-0.4, -0.2) is 0 Å².